The van der Waals surface area contributed by atoms with Crippen LogP contribution in [0.25, 0.3) is 10.9 Å². The Bertz CT molecular complexity index is 1260. The van der Waals surface area contributed by atoms with Gasteiger partial charge in [0.25, 0.3) is 5.56 Å². The van der Waals surface area contributed by atoms with Crippen LogP contribution in [0.5, 0.6) is 0 Å². The molecule has 0 amide bonds. The van der Waals surface area contributed by atoms with E-state index in [4.69, 9.17) is 11.6 Å². The molecule has 33 heavy (non-hydrogen) atoms. The summed E-state index contributed by atoms with van der Waals surface area (Å²) >= 11 is 6.37. The lowest BCUT2D eigenvalue weighted by molar-refractivity contribution is -0.116. The minimum Gasteiger partial charge on any atom is -0.390 e. The largest absolute Gasteiger partial charge is 0.390 e. The monoisotopic (exact) mass is 469 g/mol. The minimum atomic E-state index is -0.654. The molecule has 1 saturated heterocycles. The Morgan fingerprint density at radius 1 is 1.27 bits per heavy atom. The Morgan fingerprint density at radius 2 is 2.00 bits per heavy atom. The molecule has 0 radical (unpaired) electrons. The van der Waals surface area contributed by atoms with E-state index in [1.807, 2.05) is 36.1 Å². The Labute approximate surface area is 197 Å². The average molecular weight is 470 g/mol. The number of benzene rings is 1. The maximum atomic E-state index is 12.6. The van der Waals surface area contributed by atoms with Crippen LogP contribution in [0.4, 0.5) is 17.5 Å². The zero-order valence-corrected chi connectivity index (χ0v) is 19.8. The van der Waals surface area contributed by atoms with Crippen LogP contribution in [0.15, 0.2) is 35.3 Å². The Hall–Kier alpha value is -2.97. The van der Waals surface area contributed by atoms with E-state index >= 15 is 0 Å². The van der Waals surface area contributed by atoms with Crippen LogP contribution < -0.4 is 15.8 Å². The summed E-state index contributed by atoms with van der Waals surface area (Å²) < 4.78 is 1.61. The Kier molecular flexibility index (Phi) is 6.41. The van der Waals surface area contributed by atoms with Crippen molar-refractivity contribution < 1.29 is 9.90 Å². The molecule has 0 atom stereocenters. The highest BCUT2D eigenvalue weighted by Gasteiger charge is 2.28. The first-order valence-electron chi connectivity index (χ1n) is 11.0. The molecule has 2 aromatic heterocycles. The molecule has 1 aromatic carbocycles. The quantitative estimate of drug-likeness (QED) is 0.568. The summed E-state index contributed by atoms with van der Waals surface area (Å²) in [5.74, 6) is 1.10. The zero-order chi connectivity index (χ0) is 23.8. The normalized spacial score (nSPS) is 15.6. The van der Waals surface area contributed by atoms with Crippen molar-refractivity contribution in [1.82, 2.24) is 14.5 Å². The van der Waals surface area contributed by atoms with E-state index in [2.05, 4.69) is 15.3 Å². The number of hydrogen-bond donors (Lipinski definition) is 2. The standard InChI is InChI=1S/C24H28ClN5O3/c1-15(31)4-5-16-12-17-13-18(6-7-20(17)29(3)22(16)32)27-21-19(25)14-26-23(28-21)30-10-8-24(2,33)9-11-30/h6-7,12-14,33H,4-5,8-11H2,1-3H3,(H,26,27,28). The van der Waals surface area contributed by atoms with Gasteiger partial charge in [-0.05, 0) is 57.4 Å². The minimum absolute atomic E-state index is 0.0547. The number of hydrogen-bond acceptors (Lipinski definition) is 7. The van der Waals surface area contributed by atoms with E-state index in [9.17, 15) is 14.7 Å². The van der Waals surface area contributed by atoms with Crippen LogP contribution in [-0.2, 0) is 18.3 Å². The third-order valence-electron chi connectivity index (χ3n) is 6.16. The fourth-order valence-electron chi connectivity index (χ4n) is 4.04. The molecule has 174 valence electrons. The molecule has 0 unspecified atom stereocenters. The molecule has 4 rings (SSSR count). The van der Waals surface area contributed by atoms with Crippen molar-refractivity contribution >= 4 is 45.7 Å². The van der Waals surface area contributed by atoms with Gasteiger partial charge in [-0.15, -0.1) is 0 Å². The van der Waals surface area contributed by atoms with Gasteiger partial charge in [-0.2, -0.15) is 4.98 Å². The van der Waals surface area contributed by atoms with Crippen LogP contribution in [0.2, 0.25) is 5.02 Å². The van der Waals surface area contributed by atoms with Gasteiger partial charge in [0.2, 0.25) is 5.95 Å². The highest BCUT2D eigenvalue weighted by atomic mass is 35.5. The van der Waals surface area contributed by atoms with Crippen molar-refractivity contribution in [1.29, 1.82) is 0 Å². The number of ketones is 1. The summed E-state index contributed by atoms with van der Waals surface area (Å²) in [5, 5.41) is 14.7. The number of nitrogens with zero attached hydrogens (tertiary/aromatic N) is 4. The molecule has 1 aliphatic rings. The predicted molar refractivity (Wildman–Crippen MR) is 131 cm³/mol. The van der Waals surface area contributed by atoms with Gasteiger partial charge in [0.05, 0.1) is 17.3 Å². The topological polar surface area (TPSA) is 100 Å². The van der Waals surface area contributed by atoms with Crippen molar-refractivity contribution in [3.8, 4) is 0 Å². The number of halogens is 1. The number of Topliss-reactive ketones (excluding diaryl/α,β-unsaturated/α-hetero) is 1. The van der Waals surface area contributed by atoms with E-state index in [-0.39, 0.29) is 11.3 Å². The molecule has 0 bridgehead atoms. The maximum absolute atomic E-state index is 12.6. The lowest BCUT2D eigenvalue weighted by atomic mass is 9.94. The highest BCUT2D eigenvalue weighted by Crippen LogP contribution is 2.29. The Balaban J connectivity index is 1.61. The maximum Gasteiger partial charge on any atom is 0.253 e. The fourth-order valence-corrected chi connectivity index (χ4v) is 4.18. The second-order valence-corrected chi connectivity index (χ2v) is 9.39. The molecule has 9 heteroatoms. The van der Waals surface area contributed by atoms with E-state index < -0.39 is 5.60 Å². The summed E-state index contributed by atoms with van der Waals surface area (Å²) in [5.41, 5.74) is 1.44. The third-order valence-corrected chi connectivity index (χ3v) is 6.44. The number of nitrogens with one attached hydrogen (secondary N) is 1. The lowest BCUT2D eigenvalue weighted by Crippen LogP contribution is -2.43. The van der Waals surface area contributed by atoms with Gasteiger partial charge < -0.3 is 24.7 Å². The molecule has 2 N–H and O–H groups in total. The number of carbonyl (C=O) groups is 1. The van der Waals surface area contributed by atoms with Gasteiger partial charge in [0, 0.05) is 43.2 Å². The molecule has 0 aliphatic carbocycles. The van der Waals surface area contributed by atoms with Crippen LogP contribution in [0, 0.1) is 0 Å². The number of anilines is 3. The SMILES string of the molecule is CC(=O)CCc1cc2cc(Nc3nc(N4CCC(C)(O)CC4)ncc3Cl)ccc2n(C)c1=O. The highest BCUT2D eigenvalue weighted by molar-refractivity contribution is 6.32. The van der Waals surface area contributed by atoms with E-state index in [1.165, 1.54) is 6.92 Å². The van der Waals surface area contributed by atoms with Crippen molar-refractivity contribution in [2.24, 2.45) is 7.05 Å². The zero-order valence-electron chi connectivity index (χ0n) is 19.1. The molecule has 1 fully saturated rings. The summed E-state index contributed by atoms with van der Waals surface area (Å²) in [6, 6.07) is 7.52. The predicted octanol–water partition coefficient (Wildman–Crippen LogP) is 3.60. The smallest absolute Gasteiger partial charge is 0.253 e. The van der Waals surface area contributed by atoms with Gasteiger partial charge in [-0.25, -0.2) is 4.98 Å². The number of fused-ring (bicyclic) bond motifs is 1. The number of aromatic nitrogens is 3. The van der Waals surface area contributed by atoms with Crippen molar-refractivity contribution in [3.63, 3.8) is 0 Å². The van der Waals surface area contributed by atoms with Crippen LogP contribution in [0.1, 0.15) is 38.7 Å². The molecular weight excluding hydrogens is 442 g/mol. The lowest BCUT2D eigenvalue weighted by Gasteiger charge is -2.35. The van der Waals surface area contributed by atoms with Gasteiger partial charge in [0.15, 0.2) is 5.82 Å². The molecule has 0 spiro atoms. The number of pyridine rings is 1. The van der Waals surface area contributed by atoms with Crippen molar-refractivity contribution in [2.75, 3.05) is 23.3 Å². The molecule has 3 heterocycles. The summed E-state index contributed by atoms with van der Waals surface area (Å²) in [6.07, 6.45) is 3.63. The Morgan fingerprint density at radius 3 is 2.70 bits per heavy atom. The molecule has 0 saturated carbocycles. The summed E-state index contributed by atoms with van der Waals surface area (Å²) in [7, 11) is 1.73. The van der Waals surface area contributed by atoms with Gasteiger partial charge >= 0.3 is 0 Å². The summed E-state index contributed by atoms with van der Waals surface area (Å²) in [6.45, 7) is 4.71. The number of aryl methyl sites for hydroxylation is 2. The van der Waals surface area contributed by atoms with Crippen LogP contribution in [-0.4, -0.2) is 44.1 Å². The van der Waals surface area contributed by atoms with E-state index in [0.717, 1.165) is 16.6 Å². The van der Waals surface area contributed by atoms with E-state index in [0.29, 0.717) is 61.1 Å². The number of carbonyl (C=O) groups excluding carboxylic acids is 1. The molecule has 8 nitrogen and oxygen atoms in total. The number of aliphatic hydroxyl groups is 1. The average Bonchev–Trinajstić information content (AvgIpc) is 2.77. The van der Waals surface area contributed by atoms with E-state index in [1.54, 1.807) is 17.8 Å². The molecular formula is C24H28ClN5O3. The number of piperidine rings is 1. The first kappa shape index (κ1) is 23.2. The fraction of sp³-hybridized carbons (Fsp3) is 0.417. The molecule has 1 aliphatic heterocycles. The second kappa shape index (κ2) is 9.11. The van der Waals surface area contributed by atoms with Crippen LogP contribution >= 0.6 is 11.6 Å². The first-order valence-corrected chi connectivity index (χ1v) is 11.4. The van der Waals surface area contributed by atoms with Gasteiger partial charge in [0.1, 0.15) is 10.8 Å². The summed E-state index contributed by atoms with van der Waals surface area (Å²) in [4.78, 5) is 35.0. The van der Waals surface area contributed by atoms with Crippen molar-refractivity contribution in [3.05, 3.63) is 51.4 Å². The van der Waals surface area contributed by atoms with Gasteiger partial charge in [-0.1, -0.05) is 11.6 Å². The second-order valence-electron chi connectivity index (χ2n) is 8.98. The van der Waals surface area contributed by atoms with Crippen molar-refractivity contribution in [2.45, 2.75) is 45.1 Å². The van der Waals surface area contributed by atoms with Gasteiger partial charge in [-0.3, -0.25) is 4.79 Å². The third kappa shape index (κ3) is 5.17. The number of rotatable bonds is 6. The first-order chi connectivity index (χ1) is 15.6. The van der Waals surface area contributed by atoms with Crippen LogP contribution in [0.3, 0.4) is 0 Å². The molecule has 3 aromatic rings.